The fourth-order valence-corrected chi connectivity index (χ4v) is 5.41. The zero-order valence-electron chi connectivity index (χ0n) is 19.5. The lowest BCUT2D eigenvalue weighted by Gasteiger charge is -2.23. The molecule has 180 valence electrons. The van der Waals surface area contributed by atoms with Crippen LogP contribution in [0.1, 0.15) is 37.0 Å². The van der Waals surface area contributed by atoms with Gasteiger partial charge in [0.2, 0.25) is 10.0 Å². The van der Waals surface area contributed by atoms with E-state index in [4.69, 9.17) is 9.47 Å². The number of nitrogens with zero attached hydrogens (tertiary/aromatic N) is 2. The molecule has 1 N–H and O–H groups in total. The van der Waals surface area contributed by atoms with Crippen molar-refractivity contribution in [2.75, 3.05) is 51.3 Å². The van der Waals surface area contributed by atoms with E-state index in [9.17, 15) is 13.2 Å². The van der Waals surface area contributed by atoms with Crippen LogP contribution in [0.4, 0.5) is 5.69 Å². The molecule has 0 aromatic heterocycles. The maximum absolute atomic E-state index is 13.1. The summed E-state index contributed by atoms with van der Waals surface area (Å²) in [6.07, 6.45) is 2.10. The van der Waals surface area contributed by atoms with Crippen molar-refractivity contribution < 1.29 is 22.7 Å². The van der Waals surface area contributed by atoms with E-state index in [1.165, 1.54) is 10.4 Å². The molecular weight excluding hydrogens is 442 g/mol. The van der Waals surface area contributed by atoms with Crippen LogP contribution in [0.15, 0.2) is 47.4 Å². The first-order valence-electron chi connectivity index (χ1n) is 11.3. The number of hydrogen-bond donors (Lipinski definition) is 1. The van der Waals surface area contributed by atoms with Crippen LogP contribution in [0, 0.1) is 0 Å². The van der Waals surface area contributed by atoms with Gasteiger partial charge < -0.3 is 19.7 Å². The van der Waals surface area contributed by atoms with Crippen LogP contribution in [0.25, 0.3) is 0 Å². The number of anilines is 1. The van der Waals surface area contributed by atoms with Crippen LogP contribution in [0.5, 0.6) is 11.5 Å². The van der Waals surface area contributed by atoms with Crippen LogP contribution >= 0.6 is 0 Å². The van der Waals surface area contributed by atoms with Gasteiger partial charge in [-0.3, -0.25) is 4.79 Å². The van der Waals surface area contributed by atoms with Crippen molar-refractivity contribution in [2.24, 2.45) is 0 Å². The van der Waals surface area contributed by atoms with Crippen molar-refractivity contribution in [1.82, 2.24) is 9.62 Å². The molecule has 0 saturated carbocycles. The number of carbonyl (C=O) groups excluding carboxylic acids is 1. The second-order valence-corrected chi connectivity index (χ2v) is 9.68. The molecule has 1 saturated heterocycles. The molecule has 2 aromatic rings. The van der Waals surface area contributed by atoms with E-state index < -0.39 is 10.0 Å². The number of ether oxygens (including phenoxy) is 2. The standard InChI is InChI=1S/C24H33N3O5S/c1-4-27(5-2)33(29,30)21-11-12-23(26-14-6-7-15-26)22(18-21)24(28)25-13-16-32-20-10-8-9-19(17-20)31-3/h8-12,17-18H,4-7,13-16H2,1-3H3,(H,25,28). The van der Waals surface area contributed by atoms with Crippen LogP contribution < -0.4 is 19.7 Å². The minimum absolute atomic E-state index is 0.131. The van der Waals surface area contributed by atoms with Gasteiger partial charge in [-0.2, -0.15) is 4.31 Å². The number of carbonyl (C=O) groups is 1. The van der Waals surface area contributed by atoms with Gasteiger partial charge in [0.25, 0.3) is 5.91 Å². The Balaban J connectivity index is 1.76. The van der Waals surface area contributed by atoms with Crippen molar-refractivity contribution >= 4 is 21.6 Å². The highest BCUT2D eigenvalue weighted by atomic mass is 32.2. The Hall–Kier alpha value is -2.78. The first-order valence-corrected chi connectivity index (χ1v) is 12.8. The quantitative estimate of drug-likeness (QED) is 0.503. The van der Waals surface area contributed by atoms with Gasteiger partial charge in [-0.1, -0.05) is 19.9 Å². The molecule has 1 amide bonds. The maximum Gasteiger partial charge on any atom is 0.253 e. The molecule has 0 unspecified atom stereocenters. The molecule has 33 heavy (non-hydrogen) atoms. The van der Waals surface area contributed by atoms with Crippen LogP contribution in [0.3, 0.4) is 0 Å². The predicted molar refractivity (Wildman–Crippen MR) is 129 cm³/mol. The number of benzene rings is 2. The second-order valence-electron chi connectivity index (χ2n) is 7.75. The summed E-state index contributed by atoms with van der Waals surface area (Å²) in [4.78, 5) is 15.4. The summed E-state index contributed by atoms with van der Waals surface area (Å²) in [5, 5.41) is 2.87. The third kappa shape index (κ3) is 5.97. The van der Waals surface area contributed by atoms with E-state index in [1.807, 2.05) is 18.2 Å². The molecule has 0 bridgehead atoms. The highest BCUT2D eigenvalue weighted by Crippen LogP contribution is 2.28. The van der Waals surface area contributed by atoms with Crippen molar-refractivity contribution in [3.63, 3.8) is 0 Å². The minimum Gasteiger partial charge on any atom is -0.497 e. The first kappa shape index (κ1) is 24.9. The molecule has 0 atom stereocenters. The van der Waals surface area contributed by atoms with Gasteiger partial charge in [-0.05, 0) is 43.2 Å². The van der Waals surface area contributed by atoms with Crippen molar-refractivity contribution in [3.05, 3.63) is 48.0 Å². The fraction of sp³-hybridized carbons (Fsp3) is 0.458. The molecule has 1 fully saturated rings. The summed E-state index contributed by atoms with van der Waals surface area (Å²) in [7, 11) is -2.08. The Labute approximate surface area is 196 Å². The lowest BCUT2D eigenvalue weighted by Crippen LogP contribution is -2.32. The number of rotatable bonds is 11. The SMILES string of the molecule is CCN(CC)S(=O)(=O)c1ccc(N2CCCC2)c(C(=O)NCCOc2cccc(OC)c2)c1. The van der Waals surface area contributed by atoms with Gasteiger partial charge in [0.15, 0.2) is 0 Å². The molecule has 1 aliphatic heterocycles. The second kappa shape index (κ2) is 11.4. The highest BCUT2D eigenvalue weighted by molar-refractivity contribution is 7.89. The molecule has 8 nitrogen and oxygen atoms in total. The number of amides is 1. The van der Waals surface area contributed by atoms with Crippen LogP contribution in [0.2, 0.25) is 0 Å². The normalized spacial score (nSPS) is 13.9. The largest absolute Gasteiger partial charge is 0.497 e. The van der Waals surface area contributed by atoms with E-state index in [-0.39, 0.29) is 24.0 Å². The van der Waals surface area contributed by atoms with Gasteiger partial charge in [-0.15, -0.1) is 0 Å². The van der Waals surface area contributed by atoms with Gasteiger partial charge in [0.1, 0.15) is 18.1 Å². The summed E-state index contributed by atoms with van der Waals surface area (Å²) in [5.41, 5.74) is 1.13. The molecule has 3 rings (SSSR count). The zero-order chi connectivity index (χ0) is 23.8. The van der Waals surface area contributed by atoms with E-state index >= 15 is 0 Å². The topological polar surface area (TPSA) is 88.2 Å². The lowest BCUT2D eigenvalue weighted by molar-refractivity contribution is 0.0947. The van der Waals surface area contributed by atoms with Gasteiger partial charge >= 0.3 is 0 Å². The highest BCUT2D eigenvalue weighted by Gasteiger charge is 2.26. The predicted octanol–water partition coefficient (Wildman–Crippen LogP) is 3.13. The molecule has 0 radical (unpaired) electrons. The van der Waals surface area contributed by atoms with E-state index in [1.54, 1.807) is 39.2 Å². The van der Waals surface area contributed by atoms with Crippen molar-refractivity contribution in [2.45, 2.75) is 31.6 Å². The van der Waals surface area contributed by atoms with Gasteiger partial charge in [-0.25, -0.2) is 8.42 Å². The summed E-state index contributed by atoms with van der Waals surface area (Å²) in [5.74, 6) is 1.02. The average Bonchev–Trinajstić information content (AvgIpc) is 3.37. The summed E-state index contributed by atoms with van der Waals surface area (Å²) >= 11 is 0. The summed E-state index contributed by atoms with van der Waals surface area (Å²) in [6.45, 7) is 6.59. The molecule has 9 heteroatoms. The number of methoxy groups -OCH3 is 1. The Morgan fingerprint density at radius 2 is 1.76 bits per heavy atom. The maximum atomic E-state index is 13.1. The Kier molecular flexibility index (Phi) is 8.57. The molecule has 0 aliphatic carbocycles. The van der Waals surface area contributed by atoms with E-state index in [0.29, 0.717) is 30.2 Å². The minimum atomic E-state index is -3.67. The van der Waals surface area contributed by atoms with Crippen molar-refractivity contribution in [1.29, 1.82) is 0 Å². The average molecular weight is 476 g/mol. The number of sulfonamides is 1. The van der Waals surface area contributed by atoms with E-state index in [2.05, 4.69) is 10.2 Å². The monoisotopic (exact) mass is 475 g/mol. The third-order valence-corrected chi connectivity index (χ3v) is 7.75. The molecule has 1 aliphatic rings. The molecule has 0 spiro atoms. The van der Waals surface area contributed by atoms with E-state index in [0.717, 1.165) is 31.6 Å². The van der Waals surface area contributed by atoms with Crippen LogP contribution in [-0.2, 0) is 10.0 Å². The Morgan fingerprint density at radius 3 is 2.42 bits per heavy atom. The first-order chi connectivity index (χ1) is 15.9. The Morgan fingerprint density at radius 1 is 1.06 bits per heavy atom. The lowest BCUT2D eigenvalue weighted by atomic mass is 10.1. The fourth-order valence-electron chi connectivity index (χ4n) is 3.92. The van der Waals surface area contributed by atoms with Crippen molar-refractivity contribution in [3.8, 4) is 11.5 Å². The van der Waals surface area contributed by atoms with Gasteiger partial charge in [0, 0.05) is 37.9 Å². The molecule has 1 heterocycles. The zero-order valence-corrected chi connectivity index (χ0v) is 20.4. The number of hydrogen-bond acceptors (Lipinski definition) is 6. The Bertz CT molecular complexity index is 1050. The summed E-state index contributed by atoms with van der Waals surface area (Å²) < 4.78 is 38.3. The van der Waals surface area contributed by atoms with Crippen LogP contribution in [-0.4, -0.2) is 65.1 Å². The summed E-state index contributed by atoms with van der Waals surface area (Å²) in [6, 6.07) is 12.1. The molecular formula is C24H33N3O5S. The number of nitrogens with one attached hydrogen (secondary N) is 1. The van der Waals surface area contributed by atoms with Gasteiger partial charge in [0.05, 0.1) is 24.1 Å². The third-order valence-electron chi connectivity index (χ3n) is 5.70. The smallest absolute Gasteiger partial charge is 0.253 e. The molecule has 2 aromatic carbocycles.